The quantitative estimate of drug-likeness (QED) is 0.555. The molecule has 0 radical (unpaired) electrons. The summed E-state index contributed by atoms with van der Waals surface area (Å²) in [6, 6.07) is 13.4. The van der Waals surface area contributed by atoms with Gasteiger partial charge in [-0.05, 0) is 42.5 Å². The molecule has 2 aliphatic heterocycles. The van der Waals surface area contributed by atoms with Gasteiger partial charge in [-0.3, -0.25) is 4.79 Å². The minimum absolute atomic E-state index is 0. The van der Waals surface area contributed by atoms with Gasteiger partial charge in [0, 0.05) is 46.6 Å². The molecule has 35 heavy (non-hydrogen) atoms. The Bertz CT molecular complexity index is 1250. The van der Waals surface area contributed by atoms with Crippen LogP contribution in [0.5, 0.6) is 17.2 Å². The fraction of sp³-hybridized carbons (Fsp3) is 0.346. The van der Waals surface area contributed by atoms with Gasteiger partial charge >= 0.3 is 0 Å². The van der Waals surface area contributed by atoms with Gasteiger partial charge < -0.3 is 33.9 Å². The van der Waals surface area contributed by atoms with Crippen molar-refractivity contribution >= 4 is 5.91 Å². The van der Waals surface area contributed by atoms with Gasteiger partial charge in [-0.2, -0.15) is 0 Å². The molecular weight excluding hydrogens is 455 g/mol. The Balaban J connectivity index is 0.00000190. The highest BCUT2D eigenvalue weighted by molar-refractivity contribution is 5.95. The first-order valence-corrected chi connectivity index (χ1v) is 11.5. The molecule has 1 spiro atoms. The molecule has 3 heterocycles. The van der Waals surface area contributed by atoms with E-state index in [1.165, 1.54) is 19.2 Å². The van der Waals surface area contributed by atoms with Crippen molar-refractivity contribution < 1.29 is 36.5 Å². The summed E-state index contributed by atoms with van der Waals surface area (Å²) in [4.78, 5) is 15.0. The van der Waals surface area contributed by atoms with E-state index in [1.54, 1.807) is 29.2 Å². The number of aliphatic hydroxyl groups is 2. The topological polar surface area (TPSA) is 93.4 Å². The number of halogens is 1. The van der Waals surface area contributed by atoms with E-state index in [1.807, 2.05) is 22.9 Å². The number of piperidine rings is 1. The summed E-state index contributed by atoms with van der Waals surface area (Å²) in [5.74, 6) is 0.741. The molecule has 2 aromatic carbocycles. The van der Waals surface area contributed by atoms with Crippen molar-refractivity contribution in [2.75, 3.05) is 33.4 Å². The van der Waals surface area contributed by atoms with Crippen LogP contribution in [0, 0.1) is 5.82 Å². The minimum atomic E-state index is -1.01. The number of carbonyl (C=O) groups excluding carboxylic acids is 1. The Hall–Kier alpha value is -3.56. The van der Waals surface area contributed by atoms with Crippen LogP contribution in [0.15, 0.2) is 54.7 Å². The Morgan fingerprint density at radius 3 is 2.74 bits per heavy atom. The van der Waals surface area contributed by atoms with Gasteiger partial charge in [-0.15, -0.1) is 0 Å². The molecule has 1 saturated heterocycles. The van der Waals surface area contributed by atoms with E-state index in [-0.39, 0.29) is 21.2 Å². The predicted molar refractivity (Wildman–Crippen MR) is 129 cm³/mol. The Labute approximate surface area is 205 Å². The molecular formula is C26H31FN2O6. The van der Waals surface area contributed by atoms with Crippen LogP contribution in [0.2, 0.25) is 0 Å². The first kappa shape index (κ1) is 23.2. The van der Waals surface area contributed by atoms with Crippen molar-refractivity contribution in [3.63, 3.8) is 0 Å². The third-order valence-electron chi connectivity index (χ3n) is 6.61. The molecule has 0 saturated carbocycles. The van der Waals surface area contributed by atoms with Gasteiger partial charge in [-0.1, -0.05) is 0 Å². The first-order valence-electron chi connectivity index (χ1n) is 11.5. The number of carbonyl (C=O) groups is 1. The highest BCUT2D eigenvalue weighted by Crippen LogP contribution is 2.45. The van der Waals surface area contributed by atoms with Crippen LogP contribution in [0.1, 0.15) is 31.7 Å². The normalized spacial score (nSPS) is 16.7. The number of amides is 1. The molecule has 2 N–H and O–H groups in total. The molecule has 8 nitrogen and oxygen atoms in total. The van der Waals surface area contributed by atoms with Gasteiger partial charge in [0.05, 0.1) is 25.1 Å². The molecule has 0 bridgehead atoms. The van der Waals surface area contributed by atoms with E-state index in [0.29, 0.717) is 48.7 Å². The van der Waals surface area contributed by atoms with Crippen LogP contribution >= 0.6 is 0 Å². The standard InChI is InChI=1S/C26H27FN2O6.2H2/c1-33-23-13-17(4-7-21(23)34-16-19(31)15-30)25(32)28-11-8-26(9-12-28)24-3-2-10-29(24)20-6-5-18(27)14-22(20)35-26;;/h2-7,10,13-14,19,30-31H,8-9,11-12,15-16H2,1H3;2*1H/t19-;;/m0../s1. The van der Waals surface area contributed by atoms with Crippen LogP contribution in [0.3, 0.4) is 0 Å². The number of hydrogen-bond acceptors (Lipinski definition) is 6. The average molecular weight is 487 g/mol. The Kier molecular flexibility index (Phi) is 6.12. The molecule has 9 heteroatoms. The van der Waals surface area contributed by atoms with Crippen molar-refractivity contribution in [2.24, 2.45) is 0 Å². The van der Waals surface area contributed by atoms with Gasteiger partial charge in [0.15, 0.2) is 17.1 Å². The first-order chi connectivity index (χ1) is 16.9. The van der Waals surface area contributed by atoms with Crippen LogP contribution in [0.4, 0.5) is 4.39 Å². The number of benzene rings is 2. The Morgan fingerprint density at radius 1 is 1.20 bits per heavy atom. The number of aliphatic hydroxyl groups excluding tert-OH is 2. The highest BCUT2D eigenvalue weighted by atomic mass is 19.1. The summed E-state index contributed by atoms with van der Waals surface area (Å²) in [6.07, 6.45) is 2.07. The second-order valence-electron chi connectivity index (χ2n) is 8.78. The number of ether oxygens (including phenoxy) is 3. The summed E-state index contributed by atoms with van der Waals surface area (Å²) in [5.41, 5.74) is 1.62. The molecule has 0 unspecified atom stereocenters. The zero-order valence-electron chi connectivity index (χ0n) is 19.3. The number of nitrogens with zero attached hydrogens (tertiary/aromatic N) is 2. The van der Waals surface area contributed by atoms with Crippen LogP contribution < -0.4 is 14.2 Å². The Morgan fingerprint density at radius 2 is 2.00 bits per heavy atom. The lowest BCUT2D eigenvalue weighted by molar-refractivity contribution is -0.00951. The minimum Gasteiger partial charge on any atom is -0.493 e. The maximum Gasteiger partial charge on any atom is 0.253 e. The fourth-order valence-electron chi connectivity index (χ4n) is 4.76. The van der Waals surface area contributed by atoms with Gasteiger partial charge in [0.2, 0.25) is 0 Å². The van der Waals surface area contributed by atoms with Gasteiger partial charge in [0.25, 0.3) is 5.91 Å². The third kappa shape index (κ3) is 4.21. The number of hydrogen-bond donors (Lipinski definition) is 2. The third-order valence-corrected chi connectivity index (χ3v) is 6.61. The molecule has 1 amide bonds. The number of rotatable bonds is 6. The maximum absolute atomic E-state index is 13.9. The zero-order valence-corrected chi connectivity index (χ0v) is 19.3. The molecule has 1 atom stereocenters. The number of aromatic nitrogens is 1. The molecule has 188 valence electrons. The smallest absolute Gasteiger partial charge is 0.253 e. The largest absolute Gasteiger partial charge is 0.493 e. The van der Waals surface area contributed by atoms with E-state index >= 15 is 0 Å². The van der Waals surface area contributed by atoms with Crippen molar-refractivity contribution in [1.29, 1.82) is 0 Å². The van der Waals surface area contributed by atoms with E-state index in [0.717, 1.165) is 11.4 Å². The van der Waals surface area contributed by atoms with Crippen LogP contribution in [-0.2, 0) is 5.60 Å². The summed E-state index contributed by atoms with van der Waals surface area (Å²) < 4.78 is 33.2. The lowest BCUT2D eigenvalue weighted by Gasteiger charge is -2.45. The van der Waals surface area contributed by atoms with Crippen LogP contribution in [0.25, 0.3) is 5.69 Å². The van der Waals surface area contributed by atoms with E-state index < -0.39 is 18.3 Å². The fourth-order valence-corrected chi connectivity index (χ4v) is 4.76. The number of fused-ring (bicyclic) bond motifs is 4. The second-order valence-corrected chi connectivity index (χ2v) is 8.78. The summed E-state index contributed by atoms with van der Waals surface area (Å²) in [5, 5.41) is 18.5. The van der Waals surface area contributed by atoms with Crippen molar-refractivity contribution in [3.05, 3.63) is 71.8 Å². The molecule has 3 aromatic rings. The molecule has 1 fully saturated rings. The summed E-state index contributed by atoms with van der Waals surface area (Å²) in [7, 11) is 1.47. The van der Waals surface area contributed by atoms with Crippen molar-refractivity contribution in [1.82, 2.24) is 9.47 Å². The molecule has 1 aromatic heterocycles. The van der Waals surface area contributed by atoms with Gasteiger partial charge in [-0.25, -0.2) is 4.39 Å². The lowest BCUT2D eigenvalue weighted by Crippen LogP contribution is -2.50. The summed E-state index contributed by atoms with van der Waals surface area (Å²) >= 11 is 0. The highest BCUT2D eigenvalue weighted by Gasteiger charge is 2.44. The number of likely N-dealkylation sites (tertiary alicyclic amines) is 1. The monoisotopic (exact) mass is 486 g/mol. The molecule has 0 aliphatic carbocycles. The van der Waals surface area contributed by atoms with E-state index in [2.05, 4.69) is 0 Å². The predicted octanol–water partition coefficient (Wildman–Crippen LogP) is 3.37. The number of methoxy groups -OCH3 is 1. The average Bonchev–Trinajstić information content (AvgIpc) is 3.38. The zero-order chi connectivity index (χ0) is 24.6. The second kappa shape index (κ2) is 9.24. The van der Waals surface area contributed by atoms with E-state index in [9.17, 15) is 14.3 Å². The van der Waals surface area contributed by atoms with Gasteiger partial charge in [0.1, 0.15) is 24.3 Å². The van der Waals surface area contributed by atoms with E-state index in [4.69, 9.17) is 19.3 Å². The van der Waals surface area contributed by atoms with Crippen molar-refractivity contribution in [3.8, 4) is 22.9 Å². The SMILES string of the molecule is COc1cc(C(=O)N2CCC3(CC2)Oc2cc(F)ccc2-n2cccc23)ccc1OC[C@@H](O)CO.[HH].[HH]. The van der Waals surface area contributed by atoms with Crippen molar-refractivity contribution in [2.45, 2.75) is 24.5 Å². The lowest BCUT2D eigenvalue weighted by atomic mass is 9.86. The maximum atomic E-state index is 13.9. The van der Waals surface area contributed by atoms with Crippen LogP contribution in [-0.4, -0.2) is 65.1 Å². The summed E-state index contributed by atoms with van der Waals surface area (Å²) in [6.45, 7) is 0.434. The molecule has 2 aliphatic rings. The molecule has 5 rings (SSSR count).